The highest BCUT2D eigenvalue weighted by atomic mass is 35.5. The van der Waals surface area contributed by atoms with Crippen LogP contribution in [0.15, 0.2) is 12.3 Å². The Hall–Kier alpha value is -1.33. The van der Waals surface area contributed by atoms with E-state index < -0.39 is 0 Å². The second-order valence-corrected chi connectivity index (χ2v) is 4.98. The number of likely N-dealkylation sites (N-methyl/N-ethyl adjacent to an activating group) is 1. The number of carbonyl (C=O) groups excluding carboxylic acids is 1. The van der Waals surface area contributed by atoms with Crippen LogP contribution >= 0.6 is 11.6 Å². The summed E-state index contributed by atoms with van der Waals surface area (Å²) in [4.78, 5) is 18.1. The largest absolute Gasteiger partial charge is 0.384 e. The fourth-order valence-corrected chi connectivity index (χ4v) is 2.36. The van der Waals surface area contributed by atoms with Gasteiger partial charge in [0.15, 0.2) is 0 Å². The first-order valence-electron chi connectivity index (χ1n) is 5.97. The Morgan fingerprint density at radius 3 is 3.17 bits per heavy atom. The van der Waals surface area contributed by atoms with Crippen LogP contribution in [0.25, 0.3) is 0 Å². The van der Waals surface area contributed by atoms with E-state index in [0.717, 1.165) is 13.0 Å². The van der Waals surface area contributed by atoms with E-state index in [-0.39, 0.29) is 5.91 Å². The van der Waals surface area contributed by atoms with Gasteiger partial charge in [-0.3, -0.25) is 4.79 Å². The molecule has 0 aliphatic carbocycles. The van der Waals surface area contributed by atoms with E-state index in [0.29, 0.717) is 29.0 Å². The number of nitrogens with two attached hydrogens (primary N) is 1. The van der Waals surface area contributed by atoms with Gasteiger partial charge in [-0.15, -0.1) is 0 Å². The average molecular weight is 269 g/mol. The number of hydrogen-bond donors (Lipinski definition) is 2. The van der Waals surface area contributed by atoms with Gasteiger partial charge in [0, 0.05) is 18.8 Å². The van der Waals surface area contributed by atoms with Crippen LogP contribution in [0.5, 0.6) is 0 Å². The summed E-state index contributed by atoms with van der Waals surface area (Å²) >= 11 is 5.93. The van der Waals surface area contributed by atoms with E-state index in [1.165, 1.54) is 18.7 Å². The minimum absolute atomic E-state index is 0.200. The molecule has 1 aromatic rings. The molecule has 1 fully saturated rings. The molecule has 18 heavy (non-hydrogen) atoms. The van der Waals surface area contributed by atoms with Gasteiger partial charge >= 0.3 is 0 Å². The third-order valence-corrected chi connectivity index (χ3v) is 3.59. The van der Waals surface area contributed by atoms with Crippen molar-refractivity contribution >= 4 is 23.3 Å². The highest BCUT2D eigenvalue weighted by Crippen LogP contribution is 2.17. The van der Waals surface area contributed by atoms with Crippen molar-refractivity contribution in [2.75, 3.05) is 25.9 Å². The van der Waals surface area contributed by atoms with Crippen LogP contribution < -0.4 is 11.1 Å². The van der Waals surface area contributed by atoms with Crippen molar-refractivity contribution in [2.24, 2.45) is 0 Å². The number of amides is 1. The third-order valence-electron chi connectivity index (χ3n) is 3.29. The Bertz CT molecular complexity index is 452. The first kappa shape index (κ1) is 13.1. The van der Waals surface area contributed by atoms with Gasteiger partial charge in [-0.25, -0.2) is 4.98 Å². The Labute approximate surface area is 111 Å². The molecule has 1 unspecified atom stereocenters. The number of halogens is 1. The summed E-state index contributed by atoms with van der Waals surface area (Å²) in [5.41, 5.74) is 5.93. The lowest BCUT2D eigenvalue weighted by Crippen LogP contribution is -2.38. The summed E-state index contributed by atoms with van der Waals surface area (Å²) in [5.74, 6) is 0.0944. The monoisotopic (exact) mass is 268 g/mol. The highest BCUT2D eigenvalue weighted by Gasteiger charge is 2.21. The average Bonchev–Trinajstić information content (AvgIpc) is 2.75. The lowest BCUT2D eigenvalue weighted by atomic mass is 10.2. The van der Waals surface area contributed by atoms with Gasteiger partial charge in [-0.2, -0.15) is 0 Å². The lowest BCUT2D eigenvalue weighted by Gasteiger charge is -2.19. The van der Waals surface area contributed by atoms with Gasteiger partial charge in [0.1, 0.15) is 5.82 Å². The number of nitrogens with one attached hydrogen (secondary N) is 1. The maximum atomic E-state index is 12.0. The Morgan fingerprint density at radius 2 is 2.50 bits per heavy atom. The fraction of sp³-hybridized carbons (Fsp3) is 0.500. The molecule has 1 aliphatic heterocycles. The van der Waals surface area contributed by atoms with E-state index in [9.17, 15) is 4.79 Å². The number of rotatable bonds is 3. The molecule has 0 radical (unpaired) electrons. The normalized spacial score (nSPS) is 20.0. The zero-order valence-corrected chi connectivity index (χ0v) is 11.1. The Kier molecular flexibility index (Phi) is 4.04. The molecule has 2 heterocycles. The lowest BCUT2D eigenvalue weighted by molar-refractivity contribution is 0.0943. The molecule has 3 N–H and O–H groups in total. The summed E-state index contributed by atoms with van der Waals surface area (Å²) in [7, 11) is 2.07. The van der Waals surface area contributed by atoms with Crippen molar-refractivity contribution < 1.29 is 4.79 Å². The molecule has 0 saturated carbocycles. The molecule has 0 spiro atoms. The van der Waals surface area contributed by atoms with E-state index in [1.54, 1.807) is 0 Å². The maximum absolute atomic E-state index is 12.0. The predicted octanol–water partition coefficient (Wildman–Crippen LogP) is 1.14. The number of nitrogens with zero attached hydrogens (tertiary/aromatic N) is 2. The molecule has 0 bridgehead atoms. The van der Waals surface area contributed by atoms with Gasteiger partial charge in [0.25, 0.3) is 5.91 Å². The number of likely N-dealkylation sites (tertiary alicyclic amines) is 1. The van der Waals surface area contributed by atoms with Crippen LogP contribution in [0.1, 0.15) is 23.2 Å². The number of carbonyl (C=O) groups is 1. The molecule has 2 rings (SSSR count). The van der Waals surface area contributed by atoms with Gasteiger partial charge < -0.3 is 16.0 Å². The summed E-state index contributed by atoms with van der Waals surface area (Å²) in [6.07, 6.45) is 3.69. The van der Waals surface area contributed by atoms with E-state index >= 15 is 0 Å². The van der Waals surface area contributed by atoms with Gasteiger partial charge in [-0.1, -0.05) is 11.6 Å². The number of nitrogen functional groups attached to an aromatic ring is 1. The molecule has 1 amide bonds. The number of hydrogen-bond acceptors (Lipinski definition) is 4. The maximum Gasteiger partial charge on any atom is 0.253 e. The summed E-state index contributed by atoms with van der Waals surface area (Å²) in [6.45, 7) is 1.72. The van der Waals surface area contributed by atoms with Crippen LogP contribution in [0.3, 0.4) is 0 Å². The van der Waals surface area contributed by atoms with Crippen LogP contribution in [0.2, 0.25) is 5.02 Å². The second-order valence-electron chi connectivity index (χ2n) is 4.58. The third kappa shape index (κ3) is 2.91. The molecule has 1 atom stereocenters. The van der Waals surface area contributed by atoms with Crippen LogP contribution in [0, 0.1) is 0 Å². The van der Waals surface area contributed by atoms with E-state index in [4.69, 9.17) is 17.3 Å². The predicted molar refractivity (Wildman–Crippen MR) is 71.6 cm³/mol. The van der Waals surface area contributed by atoms with Crippen LogP contribution in [0.4, 0.5) is 5.82 Å². The van der Waals surface area contributed by atoms with Crippen molar-refractivity contribution in [1.29, 1.82) is 0 Å². The van der Waals surface area contributed by atoms with Gasteiger partial charge in [-0.05, 0) is 32.5 Å². The summed E-state index contributed by atoms with van der Waals surface area (Å²) in [6, 6.07) is 1.91. The quantitative estimate of drug-likeness (QED) is 0.862. The minimum atomic E-state index is -0.200. The van der Waals surface area contributed by atoms with Gasteiger partial charge in [0.2, 0.25) is 0 Å². The van der Waals surface area contributed by atoms with E-state index in [1.807, 2.05) is 0 Å². The zero-order chi connectivity index (χ0) is 13.1. The molecule has 1 saturated heterocycles. The standard InChI is InChI=1S/C12H17ClN4O/c1-17-4-2-3-8(17)6-16-12(18)9-5-11(14)15-7-10(9)13/h5,7-8H,2-4,6H2,1H3,(H2,14,15)(H,16,18). The van der Waals surface area contributed by atoms with Crippen molar-refractivity contribution in [3.8, 4) is 0 Å². The van der Waals surface area contributed by atoms with Crippen LogP contribution in [-0.4, -0.2) is 42.0 Å². The molecular weight excluding hydrogens is 252 g/mol. The fourth-order valence-electron chi connectivity index (χ4n) is 2.17. The topological polar surface area (TPSA) is 71.2 Å². The minimum Gasteiger partial charge on any atom is -0.384 e. The number of aromatic nitrogens is 1. The molecule has 1 aromatic heterocycles. The van der Waals surface area contributed by atoms with Crippen molar-refractivity contribution in [3.63, 3.8) is 0 Å². The molecule has 5 nitrogen and oxygen atoms in total. The SMILES string of the molecule is CN1CCCC1CNC(=O)c1cc(N)ncc1Cl. The first-order valence-corrected chi connectivity index (χ1v) is 6.35. The molecule has 6 heteroatoms. The highest BCUT2D eigenvalue weighted by molar-refractivity contribution is 6.33. The smallest absolute Gasteiger partial charge is 0.253 e. The Morgan fingerprint density at radius 1 is 1.72 bits per heavy atom. The molecule has 1 aliphatic rings. The zero-order valence-electron chi connectivity index (χ0n) is 10.3. The van der Waals surface area contributed by atoms with Gasteiger partial charge in [0.05, 0.1) is 10.6 Å². The summed E-state index contributed by atoms with van der Waals surface area (Å²) in [5, 5.41) is 3.21. The Balaban J connectivity index is 1.97. The van der Waals surface area contributed by atoms with Crippen molar-refractivity contribution in [3.05, 3.63) is 22.8 Å². The van der Waals surface area contributed by atoms with E-state index in [2.05, 4.69) is 22.2 Å². The van der Waals surface area contributed by atoms with Crippen molar-refractivity contribution in [1.82, 2.24) is 15.2 Å². The number of anilines is 1. The van der Waals surface area contributed by atoms with Crippen LogP contribution in [-0.2, 0) is 0 Å². The number of pyridine rings is 1. The first-order chi connectivity index (χ1) is 8.58. The second kappa shape index (κ2) is 5.54. The molecule has 0 aromatic carbocycles. The van der Waals surface area contributed by atoms with Crippen molar-refractivity contribution in [2.45, 2.75) is 18.9 Å². The molecule has 98 valence electrons. The summed E-state index contributed by atoms with van der Waals surface area (Å²) < 4.78 is 0. The molecular formula is C12H17ClN4O.